The summed E-state index contributed by atoms with van der Waals surface area (Å²) in [5.74, 6) is -0.475. The van der Waals surface area contributed by atoms with Crippen molar-refractivity contribution in [3.63, 3.8) is 0 Å². The van der Waals surface area contributed by atoms with Crippen LogP contribution in [0.15, 0.2) is 30.5 Å². The molecule has 1 aromatic carbocycles. The number of hydrogen-bond donors (Lipinski definition) is 1. The summed E-state index contributed by atoms with van der Waals surface area (Å²) in [5, 5.41) is 6.98. The fourth-order valence-corrected chi connectivity index (χ4v) is 3.01. The highest BCUT2D eigenvalue weighted by molar-refractivity contribution is 7.10. The Bertz CT molecular complexity index is 682. The summed E-state index contributed by atoms with van der Waals surface area (Å²) in [6.45, 7) is 1.02. The van der Waals surface area contributed by atoms with E-state index in [9.17, 15) is 14.0 Å². The third-order valence-electron chi connectivity index (χ3n) is 3.87. The number of Topliss-reactive ketones (excluding diaryl/α,β-unsaturated/α-hetero) is 1. The largest absolute Gasteiger partial charge is 0.324 e. The van der Waals surface area contributed by atoms with E-state index in [1.807, 2.05) is 0 Å². The number of nitrogens with zero attached hydrogens (tertiary/aromatic N) is 3. The number of piperidine rings is 1. The minimum Gasteiger partial charge on any atom is -0.324 e. The standard InChI is InChI=1S/C15H15FN4O2S/c16-12-3-1-10(2-4-12)14(21)11-5-7-20(8-6-11)15(22)18-13-9-17-19-23-13/h1-4,9,11H,5-8H2,(H,18,22). The second-order valence-corrected chi connectivity index (χ2v) is 6.13. The van der Waals surface area contributed by atoms with Gasteiger partial charge >= 0.3 is 6.03 Å². The number of rotatable bonds is 3. The van der Waals surface area contributed by atoms with Crippen LogP contribution in [0.25, 0.3) is 0 Å². The maximum atomic E-state index is 12.9. The maximum absolute atomic E-state index is 12.9. The molecule has 2 amide bonds. The first-order valence-corrected chi connectivity index (χ1v) is 8.04. The van der Waals surface area contributed by atoms with Gasteiger partial charge in [-0.1, -0.05) is 4.49 Å². The molecule has 0 radical (unpaired) electrons. The summed E-state index contributed by atoms with van der Waals surface area (Å²) in [6.07, 6.45) is 2.70. The van der Waals surface area contributed by atoms with E-state index in [1.54, 1.807) is 4.90 Å². The molecular weight excluding hydrogens is 319 g/mol. The molecule has 1 saturated heterocycles. The molecule has 1 aliphatic heterocycles. The highest BCUT2D eigenvalue weighted by Gasteiger charge is 2.28. The molecule has 1 aromatic heterocycles. The van der Waals surface area contributed by atoms with E-state index in [2.05, 4.69) is 14.9 Å². The Morgan fingerprint density at radius 3 is 2.52 bits per heavy atom. The van der Waals surface area contributed by atoms with Crippen LogP contribution in [0, 0.1) is 11.7 Å². The van der Waals surface area contributed by atoms with Gasteiger partial charge in [0.25, 0.3) is 0 Å². The third-order valence-corrected chi connectivity index (χ3v) is 4.45. The molecule has 0 unspecified atom stereocenters. The number of benzene rings is 1. The van der Waals surface area contributed by atoms with Gasteiger partial charge in [-0.3, -0.25) is 10.1 Å². The van der Waals surface area contributed by atoms with Crippen molar-refractivity contribution in [3.05, 3.63) is 41.8 Å². The van der Waals surface area contributed by atoms with Crippen LogP contribution in [0.4, 0.5) is 14.2 Å². The van der Waals surface area contributed by atoms with E-state index < -0.39 is 0 Å². The lowest BCUT2D eigenvalue weighted by Gasteiger charge is -2.31. The van der Waals surface area contributed by atoms with Crippen LogP contribution in [0.2, 0.25) is 0 Å². The van der Waals surface area contributed by atoms with Crippen molar-refractivity contribution < 1.29 is 14.0 Å². The van der Waals surface area contributed by atoms with Crippen molar-refractivity contribution in [1.29, 1.82) is 0 Å². The van der Waals surface area contributed by atoms with E-state index in [0.717, 1.165) is 11.5 Å². The number of halogens is 1. The van der Waals surface area contributed by atoms with Gasteiger partial charge in [-0.15, -0.1) is 5.10 Å². The summed E-state index contributed by atoms with van der Waals surface area (Å²) in [7, 11) is 0. The number of anilines is 1. The van der Waals surface area contributed by atoms with Crippen LogP contribution in [0.5, 0.6) is 0 Å². The lowest BCUT2D eigenvalue weighted by Crippen LogP contribution is -2.42. The predicted molar refractivity (Wildman–Crippen MR) is 84.0 cm³/mol. The van der Waals surface area contributed by atoms with Crippen LogP contribution in [-0.2, 0) is 0 Å². The quantitative estimate of drug-likeness (QED) is 0.876. The number of carbonyl (C=O) groups is 2. The second-order valence-electron chi connectivity index (χ2n) is 5.34. The predicted octanol–water partition coefficient (Wildman–Crippen LogP) is 2.80. The molecule has 1 fully saturated rings. The van der Waals surface area contributed by atoms with Crippen molar-refractivity contribution in [3.8, 4) is 0 Å². The minimum absolute atomic E-state index is 0.0108. The molecule has 1 N–H and O–H groups in total. The summed E-state index contributed by atoms with van der Waals surface area (Å²) < 4.78 is 16.6. The summed E-state index contributed by atoms with van der Waals surface area (Å²) >= 11 is 1.11. The van der Waals surface area contributed by atoms with Gasteiger partial charge in [0.15, 0.2) is 5.78 Å². The Balaban J connectivity index is 1.54. The zero-order valence-corrected chi connectivity index (χ0v) is 13.1. The molecule has 0 atom stereocenters. The van der Waals surface area contributed by atoms with Crippen LogP contribution >= 0.6 is 11.5 Å². The fraction of sp³-hybridized carbons (Fsp3) is 0.333. The van der Waals surface area contributed by atoms with Crippen molar-refractivity contribution in [2.24, 2.45) is 5.92 Å². The number of urea groups is 1. The van der Waals surface area contributed by atoms with Crippen LogP contribution in [0.3, 0.4) is 0 Å². The number of hydrogen-bond acceptors (Lipinski definition) is 5. The summed E-state index contributed by atoms with van der Waals surface area (Å²) in [6, 6.07) is 5.39. The van der Waals surface area contributed by atoms with Gasteiger partial charge in [0.2, 0.25) is 0 Å². The van der Waals surface area contributed by atoms with Crippen LogP contribution in [-0.4, -0.2) is 39.4 Å². The maximum Gasteiger partial charge on any atom is 0.322 e. The van der Waals surface area contributed by atoms with Gasteiger partial charge in [-0.2, -0.15) is 0 Å². The molecule has 8 heteroatoms. The molecule has 6 nitrogen and oxygen atoms in total. The lowest BCUT2D eigenvalue weighted by molar-refractivity contribution is 0.0859. The van der Waals surface area contributed by atoms with E-state index in [4.69, 9.17) is 0 Å². The molecule has 1 aliphatic rings. The minimum atomic E-state index is -0.356. The monoisotopic (exact) mass is 334 g/mol. The highest BCUT2D eigenvalue weighted by atomic mass is 32.1. The number of amides is 2. The number of likely N-dealkylation sites (tertiary alicyclic amines) is 1. The number of aromatic nitrogens is 2. The van der Waals surface area contributed by atoms with Crippen LogP contribution < -0.4 is 5.32 Å². The van der Waals surface area contributed by atoms with Crippen molar-refractivity contribution >= 4 is 28.3 Å². The third kappa shape index (κ3) is 3.70. The average Bonchev–Trinajstić information content (AvgIpc) is 3.08. The average molecular weight is 334 g/mol. The second kappa shape index (κ2) is 6.82. The van der Waals surface area contributed by atoms with Gasteiger partial charge < -0.3 is 4.90 Å². The summed E-state index contributed by atoms with van der Waals surface area (Å²) in [4.78, 5) is 26.2. The van der Waals surface area contributed by atoms with Crippen LogP contribution in [0.1, 0.15) is 23.2 Å². The summed E-state index contributed by atoms with van der Waals surface area (Å²) in [5.41, 5.74) is 0.519. The topological polar surface area (TPSA) is 75.2 Å². The molecule has 2 heterocycles. The molecular formula is C15H15FN4O2S. The van der Waals surface area contributed by atoms with E-state index in [-0.39, 0.29) is 23.5 Å². The fourth-order valence-electron chi connectivity index (χ4n) is 2.60. The zero-order valence-electron chi connectivity index (χ0n) is 12.2. The van der Waals surface area contributed by atoms with Gasteiger partial charge in [-0.25, -0.2) is 9.18 Å². The SMILES string of the molecule is O=C(c1ccc(F)cc1)C1CCN(C(=O)Nc2cnns2)CC1. The number of ketones is 1. The normalized spacial score (nSPS) is 15.4. The number of nitrogens with one attached hydrogen (secondary N) is 1. The highest BCUT2D eigenvalue weighted by Crippen LogP contribution is 2.23. The zero-order chi connectivity index (χ0) is 16.2. The molecule has 0 saturated carbocycles. The molecule has 0 bridgehead atoms. The van der Waals surface area contributed by atoms with Gasteiger partial charge in [0.05, 0.1) is 6.20 Å². The Labute approximate surface area is 136 Å². The Hall–Kier alpha value is -2.35. The first-order chi connectivity index (χ1) is 11.1. The smallest absolute Gasteiger partial charge is 0.322 e. The van der Waals surface area contributed by atoms with Crippen molar-refractivity contribution in [1.82, 2.24) is 14.5 Å². The van der Waals surface area contributed by atoms with E-state index in [0.29, 0.717) is 36.5 Å². The van der Waals surface area contributed by atoms with Gasteiger partial charge in [0, 0.05) is 36.1 Å². The lowest BCUT2D eigenvalue weighted by atomic mass is 9.89. The number of carbonyl (C=O) groups excluding carboxylic acids is 2. The molecule has 3 rings (SSSR count). The van der Waals surface area contributed by atoms with Crippen molar-refractivity contribution in [2.75, 3.05) is 18.4 Å². The Morgan fingerprint density at radius 2 is 1.91 bits per heavy atom. The first kappa shape index (κ1) is 15.5. The van der Waals surface area contributed by atoms with Crippen molar-refractivity contribution in [2.45, 2.75) is 12.8 Å². The first-order valence-electron chi connectivity index (χ1n) is 7.26. The molecule has 23 heavy (non-hydrogen) atoms. The molecule has 0 spiro atoms. The van der Waals surface area contributed by atoms with E-state index in [1.165, 1.54) is 30.5 Å². The molecule has 0 aliphatic carbocycles. The van der Waals surface area contributed by atoms with E-state index >= 15 is 0 Å². The van der Waals surface area contributed by atoms with Gasteiger partial charge in [0.1, 0.15) is 10.8 Å². The molecule has 120 valence electrons. The Morgan fingerprint density at radius 1 is 1.22 bits per heavy atom. The van der Waals surface area contributed by atoms with Gasteiger partial charge in [-0.05, 0) is 37.1 Å². The molecule has 2 aromatic rings. The Kier molecular flexibility index (Phi) is 4.61.